The van der Waals surface area contributed by atoms with Gasteiger partial charge in [0.15, 0.2) is 0 Å². The first-order valence-corrected chi connectivity index (χ1v) is 5.88. The van der Waals surface area contributed by atoms with Gasteiger partial charge in [0.2, 0.25) is 0 Å². The van der Waals surface area contributed by atoms with Gasteiger partial charge in [-0.1, -0.05) is 12.1 Å². The summed E-state index contributed by atoms with van der Waals surface area (Å²) in [6, 6.07) is 7.51. The zero-order valence-electron chi connectivity index (χ0n) is 10.8. The molecule has 0 saturated carbocycles. The number of carbonyl (C=O) groups is 1. The molecule has 0 saturated heterocycles. The number of aliphatic carboxylic acids is 1. The van der Waals surface area contributed by atoms with Crippen LogP contribution in [0.25, 0.3) is 0 Å². The third-order valence-electron chi connectivity index (χ3n) is 2.75. The largest absolute Gasteiger partial charge is 0.481 e. The van der Waals surface area contributed by atoms with E-state index in [2.05, 4.69) is 0 Å². The van der Waals surface area contributed by atoms with Crippen molar-refractivity contribution in [3.8, 4) is 0 Å². The Hall–Kier alpha value is -1.75. The third kappa shape index (κ3) is 3.92. The number of methoxy groups -OCH3 is 1. The van der Waals surface area contributed by atoms with Crippen LogP contribution >= 0.6 is 0 Å². The number of anilines is 2. The zero-order chi connectivity index (χ0) is 13.5. The van der Waals surface area contributed by atoms with Crippen LogP contribution in [0.1, 0.15) is 13.3 Å². The summed E-state index contributed by atoms with van der Waals surface area (Å²) in [4.78, 5) is 12.7. The average molecular weight is 252 g/mol. The molecular formula is C13H20N2O3. The topological polar surface area (TPSA) is 75.8 Å². The Morgan fingerprint density at radius 1 is 1.50 bits per heavy atom. The molecule has 0 aromatic heterocycles. The van der Waals surface area contributed by atoms with Crippen molar-refractivity contribution < 1.29 is 14.6 Å². The van der Waals surface area contributed by atoms with Crippen LogP contribution in [0.4, 0.5) is 11.4 Å². The third-order valence-corrected chi connectivity index (χ3v) is 2.75. The molecule has 0 fully saturated rings. The molecule has 0 radical (unpaired) electrons. The Morgan fingerprint density at radius 3 is 2.72 bits per heavy atom. The molecule has 1 atom stereocenters. The molecular weight excluding hydrogens is 232 g/mol. The molecule has 0 aliphatic rings. The van der Waals surface area contributed by atoms with Gasteiger partial charge in [0, 0.05) is 19.7 Å². The predicted molar refractivity (Wildman–Crippen MR) is 71.8 cm³/mol. The Balaban J connectivity index is 2.89. The Morgan fingerprint density at radius 2 is 2.17 bits per heavy atom. The molecule has 5 heteroatoms. The normalized spacial score (nSPS) is 12.1. The fourth-order valence-corrected chi connectivity index (χ4v) is 1.87. The number of hydrogen-bond acceptors (Lipinski definition) is 4. The summed E-state index contributed by atoms with van der Waals surface area (Å²) in [5.74, 6) is -0.820. The maximum absolute atomic E-state index is 10.7. The predicted octanol–water partition coefficient (Wildman–Crippen LogP) is 1.58. The minimum Gasteiger partial charge on any atom is -0.481 e. The van der Waals surface area contributed by atoms with Crippen LogP contribution in [0.15, 0.2) is 24.3 Å². The number of carboxylic acids is 1. The second-order valence-corrected chi connectivity index (χ2v) is 4.20. The summed E-state index contributed by atoms with van der Waals surface area (Å²) < 4.78 is 5.12. The Labute approximate surface area is 107 Å². The molecule has 1 aromatic rings. The highest BCUT2D eigenvalue weighted by Gasteiger charge is 2.17. The second-order valence-electron chi connectivity index (χ2n) is 4.20. The van der Waals surface area contributed by atoms with E-state index in [-0.39, 0.29) is 12.5 Å². The van der Waals surface area contributed by atoms with Gasteiger partial charge in [-0.05, 0) is 19.1 Å². The van der Waals surface area contributed by atoms with Crippen LogP contribution in [-0.2, 0) is 9.53 Å². The lowest BCUT2D eigenvalue weighted by atomic mass is 10.2. The Bertz CT molecular complexity index is 396. The molecule has 18 heavy (non-hydrogen) atoms. The average Bonchev–Trinajstić information content (AvgIpc) is 2.31. The van der Waals surface area contributed by atoms with E-state index >= 15 is 0 Å². The minimum atomic E-state index is -0.820. The van der Waals surface area contributed by atoms with Crippen molar-refractivity contribution in [3.05, 3.63) is 24.3 Å². The van der Waals surface area contributed by atoms with Crippen molar-refractivity contribution in [1.82, 2.24) is 0 Å². The number of nitrogens with zero attached hydrogens (tertiary/aromatic N) is 1. The number of ether oxygens (including phenoxy) is 1. The zero-order valence-corrected chi connectivity index (χ0v) is 10.8. The van der Waals surface area contributed by atoms with Gasteiger partial charge in [0.25, 0.3) is 0 Å². The van der Waals surface area contributed by atoms with Gasteiger partial charge in [0.1, 0.15) is 0 Å². The lowest BCUT2D eigenvalue weighted by Crippen LogP contribution is -2.38. The molecule has 1 aromatic carbocycles. The molecule has 0 aliphatic heterocycles. The molecule has 0 heterocycles. The van der Waals surface area contributed by atoms with Crippen molar-refractivity contribution >= 4 is 17.3 Å². The van der Waals surface area contributed by atoms with Crippen molar-refractivity contribution in [2.75, 3.05) is 30.9 Å². The van der Waals surface area contributed by atoms with Gasteiger partial charge >= 0.3 is 5.97 Å². The Kier molecular flexibility index (Phi) is 5.45. The summed E-state index contributed by atoms with van der Waals surface area (Å²) in [5, 5.41) is 8.80. The fourth-order valence-electron chi connectivity index (χ4n) is 1.87. The number of carboxylic acid groups (broad SMARTS) is 1. The maximum Gasteiger partial charge on any atom is 0.305 e. The molecule has 1 unspecified atom stereocenters. The summed E-state index contributed by atoms with van der Waals surface area (Å²) in [6.45, 7) is 2.92. The van der Waals surface area contributed by atoms with E-state index in [1.54, 1.807) is 7.11 Å². The lowest BCUT2D eigenvalue weighted by molar-refractivity contribution is -0.136. The summed E-state index contributed by atoms with van der Waals surface area (Å²) in [7, 11) is 1.63. The standard InChI is InChI=1S/C13H20N2O3/c1-10(9-18-2)15(8-7-13(16)17)12-6-4-3-5-11(12)14/h3-6,10H,7-9,14H2,1-2H3,(H,16,17). The summed E-state index contributed by atoms with van der Waals surface area (Å²) in [6.07, 6.45) is 0.0718. The van der Waals surface area contributed by atoms with Crippen LogP contribution < -0.4 is 10.6 Å². The van der Waals surface area contributed by atoms with Gasteiger partial charge in [-0.3, -0.25) is 4.79 Å². The number of rotatable bonds is 7. The number of para-hydroxylation sites is 2. The first-order valence-electron chi connectivity index (χ1n) is 5.88. The quantitative estimate of drug-likeness (QED) is 0.721. The molecule has 3 N–H and O–H groups in total. The van der Waals surface area contributed by atoms with Crippen molar-refractivity contribution in [2.24, 2.45) is 0 Å². The maximum atomic E-state index is 10.7. The SMILES string of the molecule is COCC(C)N(CCC(=O)O)c1ccccc1N. The minimum absolute atomic E-state index is 0.0686. The molecule has 5 nitrogen and oxygen atoms in total. The molecule has 0 amide bonds. The van der Waals surface area contributed by atoms with Crippen LogP contribution in [0, 0.1) is 0 Å². The molecule has 100 valence electrons. The summed E-state index contributed by atoms with van der Waals surface area (Å²) in [5.41, 5.74) is 7.43. The van der Waals surface area contributed by atoms with Gasteiger partial charge in [-0.25, -0.2) is 0 Å². The van der Waals surface area contributed by atoms with E-state index in [0.29, 0.717) is 18.8 Å². The first kappa shape index (κ1) is 14.3. The van der Waals surface area contributed by atoms with E-state index in [4.69, 9.17) is 15.6 Å². The highest BCUT2D eigenvalue weighted by molar-refractivity contribution is 5.70. The highest BCUT2D eigenvalue weighted by atomic mass is 16.5. The van der Waals surface area contributed by atoms with Gasteiger partial charge in [-0.15, -0.1) is 0 Å². The molecule has 0 bridgehead atoms. The summed E-state index contributed by atoms with van der Waals surface area (Å²) >= 11 is 0. The molecule has 0 aliphatic carbocycles. The highest BCUT2D eigenvalue weighted by Crippen LogP contribution is 2.24. The van der Waals surface area contributed by atoms with E-state index in [9.17, 15) is 4.79 Å². The molecule has 0 spiro atoms. The smallest absolute Gasteiger partial charge is 0.305 e. The van der Waals surface area contributed by atoms with Crippen molar-refractivity contribution in [1.29, 1.82) is 0 Å². The lowest BCUT2D eigenvalue weighted by Gasteiger charge is -2.31. The molecule has 1 rings (SSSR count). The van der Waals surface area contributed by atoms with E-state index in [1.807, 2.05) is 36.1 Å². The first-order chi connectivity index (χ1) is 8.56. The van der Waals surface area contributed by atoms with Gasteiger partial charge in [-0.2, -0.15) is 0 Å². The fraction of sp³-hybridized carbons (Fsp3) is 0.462. The number of nitrogen functional groups attached to an aromatic ring is 1. The second kappa shape index (κ2) is 6.86. The van der Waals surface area contributed by atoms with Crippen LogP contribution in [0.2, 0.25) is 0 Å². The number of nitrogens with two attached hydrogens (primary N) is 1. The van der Waals surface area contributed by atoms with Gasteiger partial charge < -0.3 is 20.5 Å². The van der Waals surface area contributed by atoms with E-state index in [1.165, 1.54) is 0 Å². The monoisotopic (exact) mass is 252 g/mol. The number of hydrogen-bond donors (Lipinski definition) is 2. The van der Waals surface area contributed by atoms with Crippen LogP contribution in [0.3, 0.4) is 0 Å². The van der Waals surface area contributed by atoms with Crippen LogP contribution in [0.5, 0.6) is 0 Å². The van der Waals surface area contributed by atoms with Gasteiger partial charge in [0.05, 0.1) is 24.4 Å². The van der Waals surface area contributed by atoms with Crippen LogP contribution in [-0.4, -0.2) is 37.4 Å². The van der Waals surface area contributed by atoms with E-state index < -0.39 is 5.97 Å². The van der Waals surface area contributed by atoms with Crippen molar-refractivity contribution in [3.63, 3.8) is 0 Å². The van der Waals surface area contributed by atoms with E-state index in [0.717, 1.165) is 5.69 Å². The number of benzene rings is 1. The van der Waals surface area contributed by atoms with Crippen molar-refractivity contribution in [2.45, 2.75) is 19.4 Å².